The topological polar surface area (TPSA) is 26.0 Å². The molecular formula is C12H13N. The summed E-state index contributed by atoms with van der Waals surface area (Å²) < 4.78 is 0. The first-order valence-electron chi connectivity index (χ1n) is 4.50. The number of nitrogens with two attached hydrogens (primary N) is 1. The molecule has 2 N–H and O–H groups in total. The molecule has 0 fully saturated rings. The van der Waals surface area contributed by atoms with Gasteiger partial charge in [-0.1, -0.05) is 36.4 Å². The minimum atomic E-state index is 0.622. The van der Waals surface area contributed by atoms with Crippen LogP contribution in [0.5, 0.6) is 0 Å². The minimum Gasteiger partial charge on any atom is -0.326 e. The molecule has 66 valence electrons. The molecule has 0 aliphatic carbocycles. The summed E-state index contributed by atoms with van der Waals surface area (Å²) in [5.41, 5.74) is 8.18. The predicted octanol–water partition coefficient (Wildman–Crippen LogP) is 2.61. The van der Waals surface area contributed by atoms with Crippen LogP contribution in [0.1, 0.15) is 11.1 Å². The highest BCUT2D eigenvalue weighted by Crippen LogP contribution is 2.20. The summed E-state index contributed by atoms with van der Waals surface area (Å²) in [6.07, 6.45) is 0. The molecule has 0 aromatic heterocycles. The predicted molar refractivity (Wildman–Crippen MR) is 56.6 cm³/mol. The van der Waals surface area contributed by atoms with E-state index < -0.39 is 0 Å². The van der Waals surface area contributed by atoms with Crippen LogP contribution in [0.2, 0.25) is 0 Å². The van der Waals surface area contributed by atoms with Gasteiger partial charge in [-0.2, -0.15) is 0 Å². The largest absolute Gasteiger partial charge is 0.326 e. The standard InChI is InChI=1S/C12H13N/c1-9-11(8-13)7-6-10-4-2-3-5-12(9)10/h2-7H,8,13H2,1H3. The third-order valence-electron chi connectivity index (χ3n) is 2.53. The van der Waals surface area contributed by atoms with Crippen molar-refractivity contribution in [2.75, 3.05) is 0 Å². The normalized spacial score (nSPS) is 10.6. The zero-order chi connectivity index (χ0) is 9.26. The molecule has 2 rings (SSSR count). The highest BCUT2D eigenvalue weighted by atomic mass is 14.5. The van der Waals surface area contributed by atoms with Crippen molar-refractivity contribution in [2.45, 2.75) is 13.5 Å². The van der Waals surface area contributed by atoms with E-state index in [9.17, 15) is 0 Å². The van der Waals surface area contributed by atoms with E-state index in [0.29, 0.717) is 6.54 Å². The zero-order valence-corrected chi connectivity index (χ0v) is 7.75. The third kappa shape index (κ3) is 1.31. The second-order valence-electron chi connectivity index (χ2n) is 3.27. The van der Waals surface area contributed by atoms with Crippen LogP contribution < -0.4 is 5.73 Å². The summed E-state index contributed by atoms with van der Waals surface area (Å²) in [6.45, 7) is 2.75. The molecule has 13 heavy (non-hydrogen) atoms. The molecule has 0 heterocycles. The van der Waals surface area contributed by atoms with Gasteiger partial charge >= 0.3 is 0 Å². The van der Waals surface area contributed by atoms with Crippen molar-refractivity contribution >= 4 is 10.8 Å². The second kappa shape index (κ2) is 3.19. The number of benzene rings is 2. The van der Waals surface area contributed by atoms with Crippen molar-refractivity contribution in [3.8, 4) is 0 Å². The van der Waals surface area contributed by atoms with Gasteiger partial charge in [-0.3, -0.25) is 0 Å². The number of aryl methyl sites for hydroxylation is 1. The SMILES string of the molecule is Cc1c(CN)ccc2ccccc12. The van der Waals surface area contributed by atoms with E-state index in [1.165, 1.54) is 21.9 Å². The van der Waals surface area contributed by atoms with E-state index in [4.69, 9.17) is 5.73 Å². The van der Waals surface area contributed by atoms with Gasteiger partial charge in [0.15, 0.2) is 0 Å². The van der Waals surface area contributed by atoms with Crippen LogP contribution in [0.15, 0.2) is 36.4 Å². The van der Waals surface area contributed by atoms with E-state index in [0.717, 1.165) is 0 Å². The average Bonchev–Trinajstić information content (AvgIpc) is 2.19. The molecule has 0 atom stereocenters. The summed E-state index contributed by atoms with van der Waals surface area (Å²) in [6, 6.07) is 12.6. The summed E-state index contributed by atoms with van der Waals surface area (Å²) in [5.74, 6) is 0. The minimum absolute atomic E-state index is 0.622. The van der Waals surface area contributed by atoms with E-state index in [1.807, 2.05) is 0 Å². The Labute approximate surface area is 78.2 Å². The Morgan fingerprint density at radius 3 is 2.62 bits per heavy atom. The third-order valence-corrected chi connectivity index (χ3v) is 2.53. The van der Waals surface area contributed by atoms with Crippen LogP contribution in [0.25, 0.3) is 10.8 Å². The Hall–Kier alpha value is -1.34. The zero-order valence-electron chi connectivity index (χ0n) is 7.75. The van der Waals surface area contributed by atoms with Gasteiger partial charge < -0.3 is 5.73 Å². The first kappa shape index (κ1) is 8.27. The van der Waals surface area contributed by atoms with Crippen molar-refractivity contribution in [3.05, 3.63) is 47.5 Å². The second-order valence-corrected chi connectivity index (χ2v) is 3.27. The molecular weight excluding hydrogens is 158 g/mol. The molecule has 0 saturated heterocycles. The van der Waals surface area contributed by atoms with Gasteiger partial charge in [-0.05, 0) is 28.8 Å². The lowest BCUT2D eigenvalue weighted by atomic mass is 10.0. The number of hydrogen-bond donors (Lipinski definition) is 1. The number of rotatable bonds is 1. The molecule has 0 spiro atoms. The van der Waals surface area contributed by atoms with Crippen molar-refractivity contribution < 1.29 is 0 Å². The smallest absolute Gasteiger partial charge is 0.0180 e. The Morgan fingerprint density at radius 2 is 1.85 bits per heavy atom. The van der Waals surface area contributed by atoms with Gasteiger partial charge in [-0.15, -0.1) is 0 Å². The van der Waals surface area contributed by atoms with Crippen molar-refractivity contribution in [1.82, 2.24) is 0 Å². The van der Waals surface area contributed by atoms with Gasteiger partial charge in [0.05, 0.1) is 0 Å². The molecule has 0 aliphatic heterocycles. The summed E-state index contributed by atoms with van der Waals surface area (Å²) in [5, 5.41) is 2.60. The fourth-order valence-electron chi connectivity index (χ4n) is 1.69. The molecule has 0 bridgehead atoms. The maximum atomic E-state index is 5.64. The Kier molecular flexibility index (Phi) is 2.03. The maximum absolute atomic E-state index is 5.64. The first-order valence-corrected chi connectivity index (χ1v) is 4.50. The van der Waals surface area contributed by atoms with Gasteiger partial charge in [0.1, 0.15) is 0 Å². The molecule has 0 saturated carbocycles. The van der Waals surface area contributed by atoms with Crippen LogP contribution in [0.4, 0.5) is 0 Å². The fraction of sp³-hybridized carbons (Fsp3) is 0.167. The molecule has 0 amide bonds. The first-order chi connectivity index (χ1) is 6.33. The molecule has 1 nitrogen and oxygen atoms in total. The highest BCUT2D eigenvalue weighted by molar-refractivity contribution is 5.86. The van der Waals surface area contributed by atoms with E-state index in [-0.39, 0.29) is 0 Å². The van der Waals surface area contributed by atoms with Crippen LogP contribution in [0.3, 0.4) is 0 Å². The van der Waals surface area contributed by atoms with E-state index >= 15 is 0 Å². The number of fused-ring (bicyclic) bond motifs is 1. The summed E-state index contributed by atoms with van der Waals surface area (Å²) >= 11 is 0. The fourth-order valence-corrected chi connectivity index (χ4v) is 1.69. The quantitative estimate of drug-likeness (QED) is 0.701. The van der Waals surface area contributed by atoms with Gasteiger partial charge in [0, 0.05) is 6.54 Å². The van der Waals surface area contributed by atoms with Gasteiger partial charge in [0.2, 0.25) is 0 Å². The molecule has 2 aromatic carbocycles. The molecule has 0 radical (unpaired) electrons. The van der Waals surface area contributed by atoms with E-state index in [2.05, 4.69) is 43.3 Å². The lowest BCUT2D eigenvalue weighted by Crippen LogP contribution is -1.98. The van der Waals surface area contributed by atoms with Crippen LogP contribution in [-0.4, -0.2) is 0 Å². The Balaban J connectivity index is 2.79. The molecule has 0 unspecified atom stereocenters. The monoisotopic (exact) mass is 171 g/mol. The van der Waals surface area contributed by atoms with E-state index in [1.54, 1.807) is 0 Å². The molecule has 0 aliphatic rings. The van der Waals surface area contributed by atoms with Crippen molar-refractivity contribution in [2.24, 2.45) is 5.73 Å². The highest BCUT2D eigenvalue weighted by Gasteiger charge is 2.00. The summed E-state index contributed by atoms with van der Waals surface area (Å²) in [4.78, 5) is 0. The van der Waals surface area contributed by atoms with Gasteiger partial charge in [0.25, 0.3) is 0 Å². The van der Waals surface area contributed by atoms with Gasteiger partial charge in [-0.25, -0.2) is 0 Å². The Morgan fingerprint density at radius 1 is 1.08 bits per heavy atom. The number of hydrogen-bond acceptors (Lipinski definition) is 1. The maximum Gasteiger partial charge on any atom is 0.0180 e. The van der Waals surface area contributed by atoms with Crippen molar-refractivity contribution in [3.63, 3.8) is 0 Å². The van der Waals surface area contributed by atoms with Crippen LogP contribution >= 0.6 is 0 Å². The lowest BCUT2D eigenvalue weighted by molar-refractivity contribution is 1.06. The average molecular weight is 171 g/mol. The van der Waals surface area contributed by atoms with Crippen LogP contribution in [-0.2, 0) is 6.54 Å². The van der Waals surface area contributed by atoms with Crippen molar-refractivity contribution in [1.29, 1.82) is 0 Å². The van der Waals surface area contributed by atoms with Crippen LogP contribution in [0, 0.1) is 6.92 Å². The molecule has 2 aromatic rings. The molecule has 1 heteroatoms. The Bertz CT molecular complexity index is 432. The summed E-state index contributed by atoms with van der Waals surface area (Å²) in [7, 11) is 0. The lowest BCUT2D eigenvalue weighted by Gasteiger charge is -2.06.